The largest absolute Gasteiger partial charge is 0.511 e. The van der Waals surface area contributed by atoms with Gasteiger partial charge in [0.15, 0.2) is 5.78 Å². The van der Waals surface area contributed by atoms with Crippen molar-refractivity contribution in [2.24, 2.45) is 5.41 Å². The van der Waals surface area contributed by atoms with Crippen molar-refractivity contribution >= 4 is 11.4 Å². The third kappa shape index (κ3) is 2.65. The molecular formula is C19H24O4. The number of Topliss-reactive ketones (excluding diaryl/α,β-unsaturated/α-hetero) is 1. The SMILES string of the molecule is CCc1cc(O)ccc1C1=C(O)C2(CCC(OC)CC2)CC1=O. The van der Waals surface area contributed by atoms with Crippen molar-refractivity contribution < 1.29 is 19.7 Å². The van der Waals surface area contributed by atoms with Crippen LogP contribution in [0.15, 0.2) is 24.0 Å². The maximum atomic E-state index is 12.7. The molecule has 0 bridgehead atoms. The van der Waals surface area contributed by atoms with E-state index < -0.39 is 5.41 Å². The highest BCUT2D eigenvalue weighted by Crippen LogP contribution is 2.52. The Morgan fingerprint density at radius 2 is 1.96 bits per heavy atom. The van der Waals surface area contributed by atoms with Crippen molar-refractivity contribution in [3.63, 3.8) is 0 Å². The van der Waals surface area contributed by atoms with Gasteiger partial charge in [-0.25, -0.2) is 0 Å². The van der Waals surface area contributed by atoms with E-state index in [-0.39, 0.29) is 23.4 Å². The zero-order valence-electron chi connectivity index (χ0n) is 13.8. The molecule has 1 spiro atoms. The number of rotatable bonds is 3. The first-order valence-corrected chi connectivity index (χ1v) is 8.32. The molecule has 2 N–H and O–H groups in total. The molecule has 0 atom stereocenters. The topological polar surface area (TPSA) is 66.8 Å². The summed E-state index contributed by atoms with van der Waals surface area (Å²) in [5.74, 6) is 0.447. The molecule has 0 aliphatic heterocycles. The van der Waals surface area contributed by atoms with Crippen LogP contribution in [0.1, 0.15) is 50.2 Å². The molecule has 4 nitrogen and oxygen atoms in total. The fraction of sp³-hybridized carbons (Fsp3) is 0.526. The molecule has 2 aliphatic carbocycles. The van der Waals surface area contributed by atoms with Gasteiger partial charge < -0.3 is 14.9 Å². The number of benzene rings is 1. The lowest BCUT2D eigenvalue weighted by atomic mass is 9.71. The van der Waals surface area contributed by atoms with Gasteiger partial charge in [0.1, 0.15) is 11.5 Å². The summed E-state index contributed by atoms with van der Waals surface area (Å²) in [5.41, 5.74) is 1.70. The van der Waals surface area contributed by atoms with Crippen LogP contribution in [0.5, 0.6) is 5.75 Å². The predicted octanol–water partition coefficient (Wildman–Crippen LogP) is 3.77. The van der Waals surface area contributed by atoms with Crippen molar-refractivity contribution in [1.82, 2.24) is 0 Å². The second-order valence-electron chi connectivity index (χ2n) is 6.73. The number of aryl methyl sites for hydroxylation is 1. The van der Waals surface area contributed by atoms with E-state index in [1.165, 1.54) is 0 Å². The number of hydrogen-bond acceptors (Lipinski definition) is 4. The molecule has 4 heteroatoms. The van der Waals surface area contributed by atoms with E-state index in [1.54, 1.807) is 25.3 Å². The highest BCUT2D eigenvalue weighted by Gasteiger charge is 2.48. The summed E-state index contributed by atoms with van der Waals surface area (Å²) in [6.45, 7) is 1.98. The molecular weight excluding hydrogens is 292 g/mol. The quantitative estimate of drug-likeness (QED) is 0.891. The third-order valence-electron chi connectivity index (χ3n) is 5.48. The molecule has 23 heavy (non-hydrogen) atoms. The van der Waals surface area contributed by atoms with Crippen LogP contribution in [0.3, 0.4) is 0 Å². The van der Waals surface area contributed by atoms with E-state index in [9.17, 15) is 15.0 Å². The molecule has 3 rings (SSSR count). The van der Waals surface area contributed by atoms with Crippen LogP contribution in [-0.2, 0) is 16.0 Å². The zero-order valence-corrected chi connectivity index (χ0v) is 13.8. The monoisotopic (exact) mass is 316 g/mol. The molecule has 0 saturated heterocycles. The summed E-state index contributed by atoms with van der Waals surface area (Å²) in [6.07, 6.45) is 4.63. The highest BCUT2D eigenvalue weighted by molar-refractivity contribution is 6.24. The van der Waals surface area contributed by atoms with Gasteiger partial charge in [0.25, 0.3) is 0 Å². The van der Waals surface area contributed by atoms with Gasteiger partial charge >= 0.3 is 0 Å². The first-order valence-electron chi connectivity index (χ1n) is 8.32. The number of hydrogen-bond donors (Lipinski definition) is 2. The number of aliphatic hydroxyl groups excluding tert-OH is 1. The van der Waals surface area contributed by atoms with E-state index in [4.69, 9.17) is 4.74 Å². The zero-order chi connectivity index (χ0) is 16.6. The predicted molar refractivity (Wildman–Crippen MR) is 88.4 cm³/mol. The van der Waals surface area contributed by atoms with Crippen molar-refractivity contribution in [3.8, 4) is 5.75 Å². The number of phenols is 1. The van der Waals surface area contributed by atoms with Crippen molar-refractivity contribution in [1.29, 1.82) is 0 Å². The van der Waals surface area contributed by atoms with Crippen molar-refractivity contribution in [2.75, 3.05) is 7.11 Å². The number of ether oxygens (including phenoxy) is 1. The van der Waals surface area contributed by atoms with Crippen LogP contribution >= 0.6 is 0 Å². The van der Waals surface area contributed by atoms with Gasteiger partial charge in [-0.1, -0.05) is 13.0 Å². The van der Waals surface area contributed by atoms with E-state index in [2.05, 4.69) is 0 Å². The van der Waals surface area contributed by atoms with Gasteiger partial charge in [-0.15, -0.1) is 0 Å². The van der Waals surface area contributed by atoms with E-state index in [0.717, 1.165) is 36.8 Å². The van der Waals surface area contributed by atoms with Crippen LogP contribution in [0.4, 0.5) is 0 Å². The molecule has 0 unspecified atom stereocenters. The van der Waals surface area contributed by atoms with Crippen molar-refractivity contribution in [3.05, 3.63) is 35.1 Å². The first kappa shape index (κ1) is 16.1. The lowest BCUT2D eigenvalue weighted by Crippen LogP contribution is -2.31. The van der Waals surface area contributed by atoms with Gasteiger partial charge in [-0.2, -0.15) is 0 Å². The number of aliphatic hydroxyl groups is 1. The number of phenolic OH excluding ortho intramolecular Hbond substituents is 1. The normalized spacial score (nSPS) is 27.9. The Bertz CT molecular complexity index is 651. The summed E-state index contributed by atoms with van der Waals surface area (Å²) in [7, 11) is 1.72. The number of carbonyl (C=O) groups is 1. The minimum absolute atomic E-state index is 0.0127. The summed E-state index contributed by atoms with van der Waals surface area (Å²) in [4.78, 5) is 12.7. The van der Waals surface area contributed by atoms with Crippen LogP contribution < -0.4 is 0 Å². The van der Waals surface area contributed by atoms with Crippen LogP contribution in [-0.4, -0.2) is 29.2 Å². The first-order chi connectivity index (χ1) is 11.0. The molecule has 0 radical (unpaired) electrons. The molecule has 2 aliphatic rings. The minimum atomic E-state index is -0.412. The fourth-order valence-corrected chi connectivity index (χ4v) is 4.06. The lowest BCUT2D eigenvalue weighted by Gasteiger charge is -2.36. The lowest BCUT2D eigenvalue weighted by molar-refractivity contribution is -0.115. The number of carbonyl (C=O) groups excluding carboxylic acids is 1. The Morgan fingerprint density at radius 3 is 2.57 bits per heavy atom. The van der Waals surface area contributed by atoms with Gasteiger partial charge in [-0.05, 0) is 55.4 Å². The van der Waals surface area contributed by atoms with Gasteiger partial charge in [0.05, 0.1) is 11.7 Å². The Labute approximate surface area is 136 Å². The number of ketones is 1. The van der Waals surface area contributed by atoms with Crippen molar-refractivity contribution in [2.45, 2.75) is 51.6 Å². The molecule has 1 aromatic rings. The molecule has 1 aromatic carbocycles. The molecule has 124 valence electrons. The second-order valence-corrected chi connectivity index (χ2v) is 6.73. The number of methoxy groups -OCH3 is 1. The third-order valence-corrected chi connectivity index (χ3v) is 5.48. The van der Waals surface area contributed by atoms with Crippen LogP contribution in [0, 0.1) is 5.41 Å². The average molecular weight is 316 g/mol. The smallest absolute Gasteiger partial charge is 0.167 e. The maximum Gasteiger partial charge on any atom is 0.167 e. The minimum Gasteiger partial charge on any atom is -0.511 e. The molecule has 1 saturated carbocycles. The second kappa shape index (κ2) is 6.00. The van der Waals surface area contributed by atoms with E-state index in [1.807, 2.05) is 6.92 Å². The average Bonchev–Trinajstić information content (AvgIpc) is 2.79. The summed E-state index contributed by atoms with van der Waals surface area (Å²) in [5, 5.41) is 20.6. The van der Waals surface area contributed by atoms with Crippen LogP contribution in [0.2, 0.25) is 0 Å². The number of aromatic hydroxyl groups is 1. The Balaban J connectivity index is 2.00. The Morgan fingerprint density at radius 1 is 1.26 bits per heavy atom. The van der Waals surface area contributed by atoms with E-state index >= 15 is 0 Å². The summed E-state index contributed by atoms with van der Waals surface area (Å²) in [6, 6.07) is 5.00. The molecule has 0 aromatic heterocycles. The Hall–Kier alpha value is -1.81. The van der Waals surface area contributed by atoms with Crippen LogP contribution in [0.25, 0.3) is 5.57 Å². The number of allylic oxidation sites excluding steroid dienone is 2. The molecule has 1 fully saturated rings. The van der Waals surface area contributed by atoms with Gasteiger partial charge in [0.2, 0.25) is 0 Å². The standard InChI is InChI=1S/C19H24O4/c1-3-12-10-13(20)4-5-15(12)17-16(21)11-19(18(17)22)8-6-14(23-2)7-9-19/h4-5,10,14,20,22H,3,6-9,11H2,1-2H3. The van der Waals surface area contributed by atoms with Gasteiger partial charge in [0, 0.05) is 18.9 Å². The van der Waals surface area contributed by atoms with Gasteiger partial charge in [-0.3, -0.25) is 4.79 Å². The maximum absolute atomic E-state index is 12.7. The molecule has 0 amide bonds. The van der Waals surface area contributed by atoms with E-state index in [0.29, 0.717) is 18.4 Å². The fourth-order valence-electron chi connectivity index (χ4n) is 4.06. The Kier molecular flexibility index (Phi) is 4.19. The summed E-state index contributed by atoms with van der Waals surface area (Å²) < 4.78 is 5.41. The summed E-state index contributed by atoms with van der Waals surface area (Å²) >= 11 is 0. The molecule has 0 heterocycles. The highest BCUT2D eigenvalue weighted by atomic mass is 16.5.